The van der Waals surface area contributed by atoms with Crippen molar-refractivity contribution in [3.63, 3.8) is 0 Å². The van der Waals surface area contributed by atoms with Crippen molar-refractivity contribution in [1.29, 1.82) is 0 Å². The van der Waals surface area contributed by atoms with Gasteiger partial charge in [0.2, 0.25) is 17.7 Å². The number of carbonyl (C=O) groups excluding carboxylic acids is 4. The third-order valence-corrected chi connectivity index (χ3v) is 9.05. The maximum absolute atomic E-state index is 14.3. The van der Waals surface area contributed by atoms with Crippen molar-refractivity contribution in [3.8, 4) is 0 Å². The van der Waals surface area contributed by atoms with E-state index in [4.69, 9.17) is 9.47 Å². The van der Waals surface area contributed by atoms with Crippen LogP contribution in [0.2, 0.25) is 0 Å². The average Bonchev–Trinajstić information content (AvgIpc) is 3.46. The summed E-state index contributed by atoms with van der Waals surface area (Å²) in [7, 11) is 0. The van der Waals surface area contributed by atoms with Crippen LogP contribution in [0.4, 0.5) is 4.79 Å². The van der Waals surface area contributed by atoms with Gasteiger partial charge in [-0.1, -0.05) is 48.5 Å². The molecule has 11 nitrogen and oxygen atoms in total. The Morgan fingerprint density at radius 1 is 0.894 bits per heavy atom. The zero-order valence-electron chi connectivity index (χ0n) is 28.1. The van der Waals surface area contributed by atoms with Crippen molar-refractivity contribution >= 4 is 34.7 Å². The second kappa shape index (κ2) is 13.8. The first-order chi connectivity index (χ1) is 22.3. The highest BCUT2D eigenvalue weighted by molar-refractivity contribution is 5.95. The first-order valence-corrected chi connectivity index (χ1v) is 16.4. The van der Waals surface area contributed by atoms with Crippen LogP contribution in [0.15, 0.2) is 60.8 Å². The number of amides is 4. The minimum absolute atomic E-state index is 0.0673. The molecular formula is C36H47N5O6. The molecule has 0 unspecified atom stereocenters. The van der Waals surface area contributed by atoms with Crippen molar-refractivity contribution < 1.29 is 28.7 Å². The smallest absolute Gasteiger partial charge is 0.408 e. The lowest BCUT2D eigenvalue weighted by Crippen LogP contribution is -2.61. The predicted molar refractivity (Wildman–Crippen MR) is 179 cm³/mol. The molecule has 3 heterocycles. The SMILES string of the molecule is CC(C)(C)OC(=O)NC(C)(C)C(=O)N[C@H](Cc1c[nH]c2ccccc12)C(=O)N1CCC(C(=O)N2CCOCC2)(c2ccccc2)CC1. The van der Waals surface area contributed by atoms with E-state index in [9.17, 15) is 19.2 Å². The molecule has 2 saturated heterocycles. The highest BCUT2D eigenvalue weighted by atomic mass is 16.6. The Labute approximate surface area is 276 Å². The number of para-hydroxylation sites is 1. The summed E-state index contributed by atoms with van der Waals surface area (Å²) < 4.78 is 10.9. The van der Waals surface area contributed by atoms with Crippen LogP contribution in [0.1, 0.15) is 58.6 Å². The lowest BCUT2D eigenvalue weighted by Gasteiger charge is -2.45. The summed E-state index contributed by atoms with van der Waals surface area (Å²) in [5, 5.41) is 6.55. The third kappa shape index (κ3) is 7.78. The summed E-state index contributed by atoms with van der Waals surface area (Å²) in [4.78, 5) is 61.6. The molecular weight excluding hydrogens is 598 g/mol. The van der Waals surface area contributed by atoms with Crippen LogP contribution in [-0.4, -0.2) is 95.2 Å². The summed E-state index contributed by atoms with van der Waals surface area (Å²) in [6.07, 6.45) is 2.29. The highest BCUT2D eigenvalue weighted by Crippen LogP contribution is 2.38. The molecule has 0 bridgehead atoms. The number of morpholine rings is 1. The molecule has 0 spiro atoms. The van der Waals surface area contributed by atoms with Gasteiger partial charge in [0.05, 0.1) is 18.6 Å². The minimum atomic E-state index is -1.37. The molecule has 0 saturated carbocycles. The van der Waals surface area contributed by atoms with Gasteiger partial charge in [0, 0.05) is 49.7 Å². The quantitative estimate of drug-likeness (QED) is 0.340. The van der Waals surface area contributed by atoms with Crippen molar-refractivity contribution in [3.05, 3.63) is 71.9 Å². The van der Waals surface area contributed by atoms with Gasteiger partial charge in [-0.2, -0.15) is 0 Å². The molecule has 252 valence electrons. The number of hydrogen-bond donors (Lipinski definition) is 3. The number of nitrogens with one attached hydrogen (secondary N) is 3. The monoisotopic (exact) mass is 645 g/mol. The summed E-state index contributed by atoms with van der Waals surface area (Å²) >= 11 is 0. The zero-order valence-corrected chi connectivity index (χ0v) is 28.1. The number of alkyl carbamates (subject to hydrolysis) is 1. The molecule has 47 heavy (non-hydrogen) atoms. The Kier molecular flexibility index (Phi) is 9.95. The second-order valence-electron chi connectivity index (χ2n) is 14.0. The van der Waals surface area contributed by atoms with Gasteiger partial charge in [-0.25, -0.2) is 4.79 Å². The number of nitrogens with zero attached hydrogens (tertiary/aromatic N) is 2. The minimum Gasteiger partial charge on any atom is -0.444 e. The van der Waals surface area contributed by atoms with E-state index in [0.29, 0.717) is 52.2 Å². The normalized spacial score (nSPS) is 17.6. The van der Waals surface area contributed by atoms with Gasteiger partial charge in [0.25, 0.3) is 0 Å². The molecule has 0 radical (unpaired) electrons. The third-order valence-electron chi connectivity index (χ3n) is 9.05. The van der Waals surface area contributed by atoms with Gasteiger partial charge in [-0.3, -0.25) is 14.4 Å². The number of carbonyl (C=O) groups is 4. The zero-order chi connectivity index (χ0) is 33.8. The molecule has 3 aromatic rings. The standard InChI is InChI=1S/C36H47N5O6/c1-34(2,3)47-33(45)39-35(4,5)31(43)38-29(23-25-24-37-28-14-10-9-13-27(25)28)30(42)40-17-15-36(16-18-40,26-11-7-6-8-12-26)32(44)41-19-21-46-22-20-41/h6-14,24,29,37H,15-23H2,1-5H3,(H,38,43)(H,39,45)/t29-/m1/s1. The van der Waals surface area contributed by atoms with Crippen LogP contribution in [-0.2, 0) is 35.7 Å². The molecule has 0 aliphatic carbocycles. The maximum atomic E-state index is 14.3. The fourth-order valence-corrected chi connectivity index (χ4v) is 6.46. The number of aromatic nitrogens is 1. The Bertz CT molecular complexity index is 1580. The lowest BCUT2D eigenvalue weighted by atomic mass is 9.71. The molecule has 2 fully saturated rings. The molecule has 2 aliphatic heterocycles. The number of H-pyrrole nitrogens is 1. The van der Waals surface area contributed by atoms with E-state index in [-0.39, 0.29) is 18.2 Å². The highest BCUT2D eigenvalue weighted by Gasteiger charge is 2.47. The van der Waals surface area contributed by atoms with Crippen LogP contribution in [0.3, 0.4) is 0 Å². The van der Waals surface area contributed by atoms with Crippen LogP contribution < -0.4 is 10.6 Å². The summed E-state index contributed by atoms with van der Waals surface area (Å²) in [5.41, 5.74) is -0.103. The number of rotatable bonds is 8. The fraction of sp³-hybridized carbons (Fsp3) is 0.500. The van der Waals surface area contributed by atoms with E-state index in [1.807, 2.05) is 65.7 Å². The number of piperidine rings is 1. The van der Waals surface area contributed by atoms with Crippen LogP contribution in [0, 0.1) is 0 Å². The van der Waals surface area contributed by atoms with E-state index in [2.05, 4.69) is 15.6 Å². The Hall–Kier alpha value is -4.38. The van der Waals surface area contributed by atoms with Crippen molar-refractivity contribution in [1.82, 2.24) is 25.4 Å². The Balaban J connectivity index is 1.37. The fourth-order valence-electron chi connectivity index (χ4n) is 6.46. The van der Waals surface area contributed by atoms with Gasteiger partial charge < -0.3 is 34.9 Å². The first kappa shape index (κ1) is 34.0. The van der Waals surface area contributed by atoms with E-state index in [1.54, 1.807) is 39.5 Å². The van der Waals surface area contributed by atoms with Crippen molar-refractivity contribution in [2.24, 2.45) is 0 Å². The van der Waals surface area contributed by atoms with Gasteiger partial charge in [0.15, 0.2) is 0 Å². The molecule has 5 rings (SSSR count). The van der Waals surface area contributed by atoms with Crippen LogP contribution in [0.25, 0.3) is 10.9 Å². The lowest BCUT2D eigenvalue weighted by molar-refractivity contribution is -0.147. The second-order valence-corrected chi connectivity index (χ2v) is 14.0. The van der Waals surface area contributed by atoms with Crippen LogP contribution >= 0.6 is 0 Å². The van der Waals surface area contributed by atoms with Gasteiger partial charge >= 0.3 is 6.09 Å². The topological polar surface area (TPSA) is 133 Å². The number of benzene rings is 2. The molecule has 11 heteroatoms. The van der Waals surface area contributed by atoms with Gasteiger partial charge in [-0.15, -0.1) is 0 Å². The number of fused-ring (bicyclic) bond motifs is 1. The van der Waals surface area contributed by atoms with E-state index >= 15 is 0 Å². The van der Waals surface area contributed by atoms with E-state index < -0.39 is 34.6 Å². The molecule has 2 aromatic carbocycles. The van der Waals surface area contributed by atoms with Crippen molar-refractivity contribution in [2.75, 3.05) is 39.4 Å². The number of likely N-dealkylation sites (tertiary alicyclic amines) is 1. The number of ether oxygens (including phenoxy) is 2. The summed E-state index contributed by atoms with van der Waals surface area (Å²) in [6.45, 7) is 11.2. The Morgan fingerprint density at radius 2 is 1.53 bits per heavy atom. The molecule has 1 atom stereocenters. The van der Waals surface area contributed by atoms with Gasteiger partial charge in [-0.05, 0) is 64.7 Å². The summed E-state index contributed by atoms with van der Waals surface area (Å²) in [5.74, 6) is -0.686. The van der Waals surface area contributed by atoms with E-state index in [1.165, 1.54) is 0 Å². The molecule has 3 N–H and O–H groups in total. The molecule has 4 amide bonds. The first-order valence-electron chi connectivity index (χ1n) is 16.4. The molecule has 1 aromatic heterocycles. The number of hydrogen-bond acceptors (Lipinski definition) is 6. The summed E-state index contributed by atoms with van der Waals surface area (Å²) in [6, 6.07) is 16.7. The van der Waals surface area contributed by atoms with Gasteiger partial charge in [0.1, 0.15) is 17.2 Å². The van der Waals surface area contributed by atoms with Crippen molar-refractivity contribution in [2.45, 2.75) is 76.5 Å². The Morgan fingerprint density at radius 3 is 2.19 bits per heavy atom. The maximum Gasteiger partial charge on any atom is 0.408 e. The predicted octanol–water partition coefficient (Wildman–Crippen LogP) is 3.92. The number of aromatic amines is 1. The average molecular weight is 646 g/mol. The molecule has 2 aliphatic rings. The largest absolute Gasteiger partial charge is 0.444 e. The van der Waals surface area contributed by atoms with E-state index in [0.717, 1.165) is 22.0 Å². The van der Waals surface area contributed by atoms with Crippen LogP contribution in [0.5, 0.6) is 0 Å².